The number of ketones is 1. The molecule has 0 saturated heterocycles. The van der Waals surface area contributed by atoms with Gasteiger partial charge in [-0.3, -0.25) is 9.59 Å². The molecule has 4 heteroatoms. The van der Waals surface area contributed by atoms with Crippen LogP contribution in [0.15, 0.2) is 0 Å². The normalized spacial score (nSPS) is 10.2. The summed E-state index contributed by atoms with van der Waals surface area (Å²) in [5.74, 6) is -0.156. The Morgan fingerprint density at radius 3 is 2.08 bits per heavy atom. The SMILES string of the molecule is [CH2-]CC(=O)NCC(=O)C(C)(C)C.[Gd+3]. The molecule has 0 aromatic carbocycles. The average molecular weight is 327 g/mol. The minimum atomic E-state index is -0.381. The van der Waals surface area contributed by atoms with E-state index >= 15 is 0 Å². The summed E-state index contributed by atoms with van der Waals surface area (Å²) in [6.45, 7) is 8.99. The summed E-state index contributed by atoms with van der Waals surface area (Å²) in [6.07, 6.45) is 0.178. The van der Waals surface area contributed by atoms with Crippen molar-refractivity contribution in [1.29, 1.82) is 0 Å². The second kappa shape index (κ2) is 6.85. The molecule has 1 N–H and O–H groups in total. The second-order valence-corrected chi connectivity index (χ2v) is 3.70. The molecule has 1 radical (unpaired) electrons. The summed E-state index contributed by atoms with van der Waals surface area (Å²) in [5.41, 5.74) is -0.381. The Morgan fingerprint density at radius 2 is 1.77 bits per heavy atom. The molecule has 75 valence electrons. The Balaban J connectivity index is 0. The Hall–Kier alpha value is 0.465. The minimum Gasteiger partial charge on any atom is -0.351 e. The summed E-state index contributed by atoms with van der Waals surface area (Å²) in [6, 6.07) is 0. The molecule has 0 aliphatic rings. The van der Waals surface area contributed by atoms with Crippen molar-refractivity contribution >= 4 is 11.7 Å². The number of Topliss-reactive ketones (excluding diaryl/α,β-unsaturated/α-hetero) is 1. The third kappa shape index (κ3) is 7.53. The standard InChI is InChI=1S/C9H16NO2.Gd/c1-5-8(12)10-6-7(11)9(2,3)4;/h1,5-6H2,2-4H3,(H,10,12);/q-1;+3. The monoisotopic (exact) mass is 328 g/mol. The van der Waals surface area contributed by atoms with E-state index < -0.39 is 0 Å². The molecule has 0 spiro atoms. The molecule has 0 heterocycles. The molecule has 0 bridgehead atoms. The van der Waals surface area contributed by atoms with Crippen molar-refractivity contribution in [2.75, 3.05) is 6.54 Å². The summed E-state index contributed by atoms with van der Waals surface area (Å²) < 4.78 is 0. The van der Waals surface area contributed by atoms with E-state index in [1.807, 2.05) is 20.8 Å². The Labute approximate surface area is 112 Å². The molecule has 1 amide bonds. The van der Waals surface area contributed by atoms with Crippen LogP contribution in [-0.2, 0) is 9.59 Å². The number of carbonyl (C=O) groups is 2. The summed E-state index contributed by atoms with van der Waals surface area (Å²) in [4.78, 5) is 22.0. The van der Waals surface area contributed by atoms with E-state index in [1.165, 1.54) is 0 Å². The first-order valence-electron chi connectivity index (χ1n) is 3.97. The number of hydrogen-bond acceptors (Lipinski definition) is 2. The van der Waals surface area contributed by atoms with Gasteiger partial charge in [0.05, 0.1) is 6.54 Å². The van der Waals surface area contributed by atoms with Gasteiger partial charge >= 0.3 is 39.9 Å². The van der Waals surface area contributed by atoms with Gasteiger partial charge in [-0.1, -0.05) is 20.8 Å². The topological polar surface area (TPSA) is 46.2 Å². The second-order valence-electron chi connectivity index (χ2n) is 3.70. The maximum Gasteiger partial charge on any atom is 3.00 e. The Morgan fingerprint density at radius 1 is 1.31 bits per heavy atom. The molecule has 0 aromatic heterocycles. The summed E-state index contributed by atoms with van der Waals surface area (Å²) in [7, 11) is 0. The van der Waals surface area contributed by atoms with Crippen molar-refractivity contribution in [3.63, 3.8) is 0 Å². The van der Waals surface area contributed by atoms with Crippen LogP contribution >= 0.6 is 0 Å². The van der Waals surface area contributed by atoms with Crippen molar-refractivity contribution in [1.82, 2.24) is 5.32 Å². The van der Waals surface area contributed by atoms with Gasteiger partial charge in [-0.25, -0.2) is 0 Å². The van der Waals surface area contributed by atoms with E-state index in [-0.39, 0.29) is 70.0 Å². The van der Waals surface area contributed by atoms with Gasteiger partial charge in [-0.2, -0.15) is 0 Å². The van der Waals surface area contributed by atoms with E-state index in [0.29, 0.717) is 0 Å². The van der Waals surface area contributed by atoms with E-state index in [0.717, 1.165) is 0 Å². The van der Waals surface area contributed by atoms with Crippen molar-refractivity contribution < 1.29 is 49.5 Å². The van der Waals surface area contributed by atoms with E-state index in [1.54, 1.807) is 0 Å². The van der Waals surface area contributed by atoms with Crippen LogP contribution in [0.1, 0.15) is 27.2 Å². The first-order chi connectivity index (χ1) is 5.38. The van der Waals surface area contributed by atoms with E-state index in [2.05, 4.69) is 12.2 Å². The van der Waals surface area contributed by atoms with Gasteiger partial charge in [0.2, 0.25) is 0 Å². The number of hydrogen-bond donors (Lipinski definition) is 1. The molecule has 3 nitrogen and oxygen atoms in total. The number of nitrogens with one attached hydrogen (secondary N) is 1. The predicted molar refractivity (Wildman–Crippen MR) is 47.4 cm³/mol. The molecule has 0 aliphatic carbocycles. The molecule has 0 fully saturated rings. The van der Waals surface area contributed by atoms with Gasteiger partial charge in [-0.15, -0.1) is 6.42 Å². The Bertz CT molecular complexity index is 185. The van der Waals surface area contributed by atoms with E-state index in [4.69, 9.17) is 0 Å². The number of carbonyl (C=O) groups excluding carboxylic acids is 2. The van der Waals surface area contributed by atoms with Crippen LogP contribution in [-0.4, -0.2) is 18.2 Å². The van der Waals surface area contributed by atoms with Crippen molar-refractivity contribution in [2.45, 2.75) is 27.2 Å². The minimum absolute atomic E-state index is 0. The van der Waals surface area contributed by atoms with Gasteiger partial charge in [0.15, 0.2) is 11.7 Å². The van der Waals surface area contributed by atoms with Crippen LogP contribution in [0.3, 0.4) is 0 Å². The fraction of sp³-hybridized carbons (Fsp3) is 0.667. The van der Waals surface area contributed by atoms with Crippen LogP contribution in [0, 0.1) is 52.3 Å². The van der Waals surface area contributed by atoms with Gasteiger partial charge in [0.1, 0.15) is 0 Å². The zero-order chi connectivity index (χ0) is 9.78. The van der Waals surface area contributed by atoms with Crippen LogP contribution in [0.25, 0.3) is 0 Å². The van der Waals surface area contributed by atoms with E-state index in [9.17, 15) is 9.59 Å². The fourth-order valence-electron chi connectivity index (χ4n) is 0.532. The maximum atomic E-state index is 11.2. The van der Waals surface area contributed by atoms with Crippen LogP contribution in [0.2, 0.25) is 0 Å². The fourth-order valence-corrected chi connectivity index (χ4v) is 0.532. The zero-order valence-electron chi connectivity index (χ0n) is 8.29. The van der Waals surface area contributed by atoms with Gasteiger partial charge in [-0.05, 0) is 0 Å². The summed E-state index contributed by atoms with van der Waals surface area (Å²) >= 11 is 0. The van der Waals surface area contributed by atoms with Crippen molar-refractivity contribution in [3.05, 3.63) is 6.92 Å². The molecular formula is C9H16GdNO2+2. The first-order valence-corrected chi connectivity index (χ1v) is 3.97. The molecular weight excluding hydrogens is 311 g/mol. The predicted octanol–water partition coefficient (Wildman–Crippen LogP) is 0.942. The van der Waals surface area contributed by atoms with Crippen molar-refractivity contribution in [3.8, 4) is 0 Å². The average Bonchev–Trinajstić information content (AvgIpc) is 1.97. The van der Waals surface area contributed by atoms with Gasteiger partial charge < -0.3 is 12.2 Å². The molecule has 0 aliphatic heterocycles. The third-order valence-corrected chi connectivity index (χ3v) is 1.51. The van der Waals surface area contributed by atoms with Crippen LogP contribution in [0.5, 0.6) is 0 Å². The molecule has 0 unspecified atom stereocenters. The molecule has 0 aromatic rings. The van der Waals surface area contributed by atoms with Crippen LogP contribution in [0.4, 0.5) is 0 Å². The quantitative estimate of drug-likeness (QED) is 0.784. The molecule has 13 heavy (non-hydrogen) atoms. The van der Waals surface area contributed by atoms with Crippen molar-refractivity contribution in [2.24, 2.45) is 5.41 Å². The maximum absolute atomic E-state index is 11.2. The summed E-state index contributed by atoms with van der Waals surface area (Å²) in [5, 5.41) is 2.49. The number of rotatable bonds is 3. The van der Waals surface area contributed by atoms with Gasteiger partial charge in [0.25, 0.3) is 0 Å². The smallest absolute Gasteiger partial charge is 0.351 e. The number of amides is 1. The third-order valence-electron chi connectivity index (χ3n) is 1.51. The van der Waals surface area contributed by atoms with Crippen LogP contribution < -0.4 is 5.32 Å². The molecule has 0 atom stereocenters. The molecule has 0 rings (SSSR count). The molecule has 0 saturated carbocycles. The first kappa shape index (κ1) is 15.9. The zero-order valence-corrected chi connectivity index (χ0v) is 10.6. The van der Waals surface area contributed by atoms with Gasteiger partial charge in [0, 0.05) is 5.41 Å². The largest absolute Gasteiger partial charge is 3.00 e. The Kier molecular flexibility index (Phi) is 8.39.